The van der Waals surface area contributed by atoms with Gasteiger partial charge < -0.3 is 19.7 Å². The summed E-state index contributed by atoms with van der Waals surface area (Å²) in [5, 5.41) is 3.47. The number of likely N-dealkylation sites (tertiary alicyclic amines) is 1. The lowest BCUT2D eigenvalue weighted by atomic mass is 9.78. The number of nitrogens with zero attached hydrogens (tertiary/aromatic N) is 2. The first-order valence-electron chi connectivity index (χ1n) is 8.67. The molecule has 5 nitrogen and oxygen atoms in total. The van der Waals surface area contributed by atoms with Crippen molar-refractivity contribution in [2.24, 2.45) is 10.4 Å². The smallest absolute Gasteiger partial charge is 0.193 e. The van der Waals surface area contributed by atoms with Crippen molar-refractivity contribution in [1.29, 1.82) is 0 Å². The molecule has 1 aliphatic heterocycles. The maximum atomic E-state index is 5.48. The van der Waals surface area contributed by atoms with Crippen molar-refractivity contribution in [1.82, 2.24) is 10.2 Å². The molecule has 0 amide bonds. The zero-order valence-corrected chi connectivity index (χ0v) is 17.7. The summed E-state index contributed by atoms with van der Waals surface area (Å²) in [7, 11) is 3.57. The standard InChI is InChI=1S/C17H35N3O2.HI/c1-5-8-17(2)9-6-11-20(15-17)16(18-3)19-10-7-12-22-14-13-21-4;/h5-15H2,1-4H3,(H,18,19);1H. The molecule has 138 valence electrons. The Bertz CT molecular complexity index is 325. The zero-order chi connectivity index (χ0) is 16.3. The maximum Gasteiger partial charge on any atom is 0.193 e. The van der Waals surface area contributed by atoms with E-state index in [0.717, 1.165) is 38.6 Å². The number of piperidine rings is 1. The summed E-state index contributed by atoms with van der Waals surface area (Å²) in [6.45, 7) is 9.93. The van der Waals surface area contributed by atoms with Gasteiger partial charge in [-0.15, -0.1) is 24.0 Å². The molecule has 0 radical (unpaired) electrons. The Kier molecular flexibility index (Phi) is 13.2. The molecule has 6 heteroatoms. The fourth-order valence-electron chi connectivity index (χ4n) is 3.26. The molecule has 1 rings (SSSR count). The number of methoxy groups -OCH3 is 1. The monoisotopic (exact) mass is 441 g/mol. The van der Waals surface area contributed by atoms with Crippen molar-refractivity contribution in [3.05, 3.63) is 0 Å². The van der Waals surface area contributed by atoms with Crippen LogP contribution in [0, 0.1) is 5.41 Å². The minimum atomic E-state index is 0. The predicted octanol–water partition coefficient (Wildman–Crippen LogP) is 3.14. The first-order chi connectivity index (χ1) is 10.6. The van der Waals surface area contributed by atoms with Crippen molar-refractivity contribution in [3.8, 4) is 0 Å². The third-order valence-electron chi connectivity index (χ3n) is 4.33. The first-order valence-corrected chi connectivity index (χ1v) is 8.67. The molecule has 0 aromatic rings. The fourth-order valence-corrected chi connectivity index (χ4v) is 3.26. The minimum absolute atomic E-state index is 0. The summed E-state index contributed by atoms with van der Waals surface area (Å²) in [6, 6.07) is 0. The van der Waals surface area contributed by atoms with E-state index in [0.29, 0.717) is 18.6 Å². The van der Waals surface area contributed by atoms with Crippen molar-refractivity contribution in [2.75, 3.05) is 53.6 Å². The van der Waals surface area contributed by atoms with Gasteiger partial charge in [0.25, 0.3) is 0 Å². The molecule has 23 heavy (non-hydrogen) atoms. The molecule has 1 heterocycles. The van der Waals surface area contributed by atoms with Gasteiger partial charge in [0.15, 0.2) is 5.96 Å². The highest BCUT2D eigenvalue weighted by molar-refractivity contribution is 14.0. The van der Waals surface area contributed by atoms with E-state index in [-0.39, 0.29) is 24.0 Å². The Morgan fingerprint density at radius 3 is 2.74 bits per heavy atom. The maximum absolute atomic E-state index is 5.48. The lowest BCUT2D eigenvalue weighted by Gasteiger charge is -2.42. The molecule has 1 unspecified atom stereocenters. The molecule has 1 aliphatic rings. The Hall–Kier alpha value is -0.0800. The molecule has 1 atom stereocenters. The van der Waals surface area contributed by atoms with Gasteiger partial charge in [0.2, 0.25) is 0 Å². The Morgan fingerprint density at radius 1 is 1.30 bits per heavy atom. The third-order valence-corrected chi connectivity index (χ3v) is 4.33. The average molecular weight is 441 g/mol. The van der Waals surface area contributed by atoms with Gasteiger partial charge in [-0.2, -0.15) is 0 Å². The average Bonchev–Trinajstić information content (AvgIpc) is 2.50. The van der Waals surface area contributed by atoms with Crippen molar-refractivity contribution >= 4 is 29.9 Å². The minimum Gasteiger partial charge on any atom is -0.382 e. The molecular formula is C17H36IN3O2. The van der Waals surface area contributed by atoms with Gasteiger partial charge in [0.05, 0.1) is 13.2 Å². The van der Waals surface area contributed by atoms with Crippen molar-refractivity contribution in [3.63, 3.8) is 0 Å². The van der Waals surface area contributed by atoms with E-state index >= 15 is 0 Å². The van der Waals surface area contributed by atoms with E-state index in [1.807, 2.05) is 7.05 Å². The SMILES string of the molecule is CCCC1(C)CCCN(C(=NC)NCCCOCCOC)C1.I. The fraction of sp³-hybridized carbons (Fsp3) is 0.941. The molecule has 1 saturated heterocycles. The highest BCUT2D eigenvalue weighted by Gasteiger charge is 2.31. The second kappa shape index (κ2) is 13.2. The summed E-state index contributed by atoms with van der Waals surface area (Å²) in [4.78, 5) is 6.88. The van der Waals surface area contributed by atoms with E-state index in [1.54, 1.807) is 7.11 Å². The van der Waals surface area contributed by atoms with Gasteiger partial charge in [-0.1, -0.05) is 20.3 Å². The van der Waals surface area contributed by atoms with Gasteiger partial charge in [-0.3, -0.25) is 4.99 Å². The van der Waals surface area contributed by atoms with Gasteiger partial charge in [-0.05, 0) is 31.1 Å². The van der Waals surface area contributed by atoms with Gasteiger partial charge in [-0.25, -0.2) is 0 Å². The third kappa shape index (κ3) is 9.10. The topological polar surface area (TPSA) is 46.1 Å². The molecule has 1 fully saturated rings. The number of hydrogen-bond acceptors (Lipinski definition) is 3. The van der Waals surface area contributed by atoms with Crippen LogP contribution in [0.5, 0.6) is 0 Å². The van der Waals surface area contributed by atoms with E-state index in [1.165, 1.54) is 25.7 Å². The number of hydrogen-bond donors (Lipinski definition) is 1. The molecule has 1 N–H and O–H groups in total. The highest BCUT2D eigenvalue weighted by atomic mass is 127. The van der Waals surface area contributed by atoms with E-state index < -0.39 is 0 Å². The normalized spacial score (nSPS) is 21.9. The lowest BCUT2D eigenvalue weighted by Crippen LogP contribution is -2.50. The number of halogens is 1. The largest absolute Gasteiger partial charge is 0.382 e. The Balaban J connectivity index is 0.00000484. The van der Waals surface area contributed by atoms with E-state index in [2.05, 4.69) is 29.1 Å². The van der Waals surface area contributed by atoms with Crippen LogP contribution in [0.3, 0.4) is 0 Å². The second-order valence-electron chi connectivity index (χ2n) is 6.52. The summed E-state index contributed by atoms with van der Waals surface area (Å²) in [5.41, 5.74) is 0.438. The predicted molar refractivity (Wildman–Crippen MR) is 108 cm³/mol. The highest BCUT2D eigenvalue weighted by Crippen LogP contribution is 2.33. The summed E-state index contributed by atoms with van der Waals surface area (Å²) < 4.78 is 10.4. The Labute approximate surface area is 159 Å². The summed E-state index contributed by atoms with van der Waals surface area (Å²) >= 11 is 0. The molecule has 0 aliphatic carbocycles. The summed E-state index contributed by atoms with van der Waals surface area (Å²) in [5.74, 6) is 1.04. The van der Waals surface area contributed by atoms with Crippen LogP contribution in [0.2, 0.25) is 0 Å². The Morgan fingerprint density at radius 2 is 2.09 bits per heavy atom. The first kappa shape index (κ1) is 22.9. The number of nitrogens with one attached hydrogen (secondary N) is 1. The van der Waals surface area contributed by atoms with Crippen LogP contribution < -0.4 is 5.32 Å². The van der Waals surface area contributed by atoms with Crippen LogP contribution in [0.1, 0.15) is 46.0 Å². The lowest BCUT2D eigenvalue weighted by molar-refractivity contribution is 0.0697. The van der Waals surface area contributed by atoms with E-state index in [4.69, 9.17) is 9.47 Å². The number of ether oxygens (including phenoxy) is 2. The molecule has 0 saturated carbocycles. The molecular weight excluding hydrogens is 405 g/mol. The van der Waals surface area contributed by atoms with Crippen LogP contribution >= 0.6 is 24.0 Å². The van der Waals surface area contributed by atoms with Crippen LogP contribution in [-0.2, 0) is 9.47 Å². The molecule has 0 bridgehead atoms. The van der Waals surface area contributed by atoms with Gasteiger partial charge in [0.1, 0.15) is 0 Å². The molecule has 0 spiro atoms. The van der Waals surface area contributed by atoms with Crippen LogP contribution in [0.25, 0.3) is 0 Å². The number of guanidine groups is 1. The van der Waals surface area contributed by atoms with Crippen molar-refractivity contribution < 1.29 is 9.47 Å². The second-order valence-corrected chi connectivity index (χ2v) is 6.52. The number of aliphatic imine (C=N–C) groups is 1. The van der Waals surface area contributed by atoms with Gasteiger partial charge in [0, 0.05) is 40.4 Å². The van der Waals surface area contributed by atoms with Crippen LogP contribution in [0.4, 0.5) is 0 Å². The molecule has 0 aromatic heterocycles. The van der Waals surface area contributed by atoms with Crippen molar-refractivity contribution in [2.45, 2.75) is 46.0 Å². The summed E-state index contributed by atoms with van der Waals surface area (Å²) in [6.07, 6.45) is 6.14. The quantitative estimate of drug-likeness (QED) is 0.259. The zero-order valence-electron chi connectivity index (χ0n) is 15.4. The van der Waals surface area contributed by atoms with Crippen LogP contribution in [0.15, 0.2) is 4.99 Å². The van der Waals surface area contributed by atoms with E-state index in [9.17, 15) is 0 Å². The van der Waals surface area contributed by atoms with Crippen LogP contribution in [-0.4, -0.2) is 64.5 Å². The number of rotatable bonds is 9. The molecule has 0 aromatic carbocycles. The van der Waals surface area contributed by atoms with Gasteiger partial charge >= 0.3 is 0 Å².